The van der Waals surface area contributed by atoms with E-state index in [1.165, 1.54) is 6.08 Å². The zero-order valence-corrected chi connectivity index (χ0v) is 8.48. The molecule has 1 fully saturated rings. The van der Waals surface area contributed by atoms with Gasteiger partial charge in [-0.15, -0.1) is 0 Å². The van der Waals surface area contributed by atoms with Gasteiger partial charge in [0.1, 0.15) is 0 Å². The van der Waals surface area contributed by atoms with Crippen molar-refractivity contribution in [3.05, 3.63) is 12.2 Å². The Labute approximate surface area is 84.2 Å². The summed E-state index contributed by atoms with van der Waals surface area (Å²) in [5.41, 5.74) is 0. The molecule has 0 radical (unpaired) electrons. The lowest BCUT2D eigenvalue weighted by atomic mass is 10.2. The number of carbonyl (C=O) groups is 1. The molecule has 1 aliphatic heterocycles. The molecule has 0 aromatic heterocycles. The lowest BCUT2D eigenvalue weighted by Crippen LogP contribution is -2.31. The minimum absolute atomic E-state index is 0.279. The third kappa shape index (κ3) is 3.47. The number of ether oxygens (including phenoxy) is 1. The molecule has 0 saturated carbocycles. The van der Waals surface area contributed by atoms with Crippen molar-refractivity contribution < 1.29 is 14.6 Å². The molecule has 1 rings (SSSR count). The van der Waals surface area contributed by atoms with Crippen LogP contribution in [0.4, 0.5) is 0 Å². The van der Waals surface area contributed by atoms with Crippen LogP contribution in [0.1, 0.15) is 12.8 Å². The van der Waals surface area contributed by atoms with E-state index in [0.717, 1.165) is 25.9 Å². The number of nitrogens with zero attached hydrogens (tertiary/aromatic N) is 1. The molecule has 0 aromatic carbocycles. The highest BCUT2D eigenvalue weighted by Crippen LogP contribution is 2.17. The Balaban J connectivity index is 2.38. The fourth-order valence-electron chi connectivity index (χ4n) is 1.75. The molecule has 1 aliphatic rings. The highest BCUT2D eigenvalue weighted by atomic mass is 16.5. The van der Waals surface area contributed by atoms with Crippen molar-refractivity contribution in [3.63, 3.8) is 0 Å². The molecule has 1 atom stereocenters. The van der Waals surface area contributed by atoms with E-state index in [1.807, 2.05) is 0 Å². The number of carboxylic acid groups (broad SMARTS) is 1. The molecular weight excluding hydrogens is 182 g/mol. The summed E-state index contributed by atoms with van der Waals surface area (Å²) in [6.07, 6.45) is 5.19. The Morgan fingerprint density at radius 1 is 1.71 bits per heavy atom. The van der Waals surface area contributed by atoms with Gasteiger partial charge in [-0.25, -0.2) is 4.79 Å². The van der Waals surface area contributed by atoms with Crippen molar-refractivity contribution in [3.8, 4) is 0 Å². The fourth-order valence-corrected chi connectivity index (χ4v) is 1.75. The minimum Gasteiger partial charge on any atom is -0.478 e. The molecule has 0 bridgehead atoms. The van der Waals surface area contributed by atoms with Crippen LogP contribution in [-0.4, -0.2) is 48.8 Å². The number of methoxy groups -OCH3 is 1. The number of aliphatic carboxylic acids is 1. The first-order chi connectivity index (χ1) is 6.74. The summed E-state index contributed by atoms with van der Waals surface area (Å²) >= 11 is 0. The van der Waals surface area contributed by atoms with Gasteiger partial charge in [0.2, 0.25) is 0 Å². The van der Waals surface area contributed by atoms with Crippen molar-refractivity contribution in [1.82, 2.24) is 4.90 Å². The summed E-state index contributed by atoms with van der Waals surface area (Å²) in [6, 6.07) is 0.279. The van der Waals surface area contributed by atoms with Gasteiger partial charge in [0.25, 0.3) is 0 Å². The first-order valence-corrected chi connectivity index (χ1v) is 4.88. The maximum absolute atomic E-state index is 10.3. The van der Waals surface area contributed by atoms with Crippen molar-refractivity contribution in [2.75, 3.05) is 26.8 Å². The topological polar surface area (TPSA) is 49.8 Å². The number of hydrogen-bond donors (Lipinski definition) is 1. The number of hydrogen-bond acceptors (Lipinski definition) is 3. The summed E-state index contributed by atoms with van der Waals surface area (Å²) in [7, 11) is 1.68. The third-order valence-corrected chi connectivity index (χ3v) is 2.46. The van der Waals surface area contributed by atoms with Crippen molar-refractivity contribution >= 4 is 5.97 Å². The summed E-state index contributed by atoms with van der Waals surface area (Å²) in [4.78, 5) is 12.6. The summed E-state index contributed by atoms with van der Waals surface area (Å²) in [5, 5.41) is 8.51. The standard InChI is InChI=1S/C10H17NO3/c1-14-8-7-11-6-2-3-9(11)4-5-10(12)13/h4-5,9H,2-3,6-8H2,1H3,(H,12,13)/b5-4+. The number of likely N-dealkylation sites (tertiary alicyclic amines) is 1. The minimum atomic E-state index is -0.872. The molecule has 1 N–H and O–H groups in total. The van der Waals surface area contributed by atoms with Gasteiger partial charge in [0.05, 0.1) is 6.61 Å². The molecule has 1 heterocycles. The molecule has 0 spiro atoms. The molecule has 14 heavy (non-hydrogen) atoms. The monoisotopic (exact) mass is 199 g/mol. The maximum atomic E-state index is 10.3. The highest BCUT2D eigenvalue weighted by molar-refractivity contribution is 5.79. The van der Waals surface area contributed by atoms with Gasteiger partial charge < -0.3 is 9.84 Å². The van der Waals surface area contributed by atoms with E-state index in [4.69, 9.17) is 9.84 Å². The van der Waals surface area contributed by atoms with E-state index >= 15 is 0 Å². The smallest absolute Gasteiger partial charge is 0.328 e. The molecule has 80 valence electrons. The highest BCUT2D eigenvalue weighted by Gasteiger charge is 2.21. The van der Waals surface area contributed by atoms with Crippen LogP contribution in [0.2, 0.25) is 0 Å². The Hall–Kier alpha value is -0.870. The molecule has 4 nitrogen and oxygen atoms in total. The van der Waals surface area contributed by atoms with Gasteiger partial charge in [-0.1, -0.05) is 6.08 Å². The van der Waals surface area contributed by atoms with E-state index in [9.17, 15) is 4.79 Å². The first kappa shape index (κ1) is 11.2. The van der Waals surface area contributed by atoms with Crippen LogP contribution in [0.25, 0.3) is 0 Å². The van der Waals surface area contributed by atoms with E-state index in [2.05, 4.69) is 4.90 Å². The molecule has 1 saturated heterocycles. The normalized spacial score (nSPS) is 23.4. The van der Waals surface area contributed by atoms with Crippen LogP contribution in [0, 0.1) is 0 Å². The molecule has 0 aliphatic carbocycles. The van der Waals surface area contributed by atoms with Crippen LogP contribution in [0.5, 0.6) is 0 Å². The lowest BCUT2D eigenvalue weighted by molar-refractivity contribution is -0.131. The molecule has 0 amide bonds. The Kier molecular flexibility index (Phi) is 4.62. The van der Waals surface area contributed by atoms with Crippen molar-refractivity contribution in [1.29, 1.82) is 0 Å². The van der Waals surface area contributed by atoms with E-state index < -0.39 is 5.97 Å². The quantitative estimate of drug-likeness (QED) is 0.663. The Morgan fingerprint density at radius 3 is 3.14 bits per heavy atom. The average molecular weight is 199 g/mol. The summed E-state index contributed by atoms with van der Waals surface area (Å²) < 4.78 is 5.00. The Morgan fingerprint density at radius 2 is 2.50 bits per heavy atom. The summed E-state index contributed by atoms with van der Waals surface area (Å²) in [5.74, 6) is -0.872. The predicted molar refractivity (Wildman–Crippen MR) is 53.2 cm³/mol. The third-order valence-electron chi connectivity index (χ3n) is 2.46. The summed E-state index contributed by atoms with van der Waals surface area (Å²) in [6.45, 7) is 2.63. The second kappa shape index (κ2) is 5.78. The second-order valence-corrected chi connectivity index (χ2v) is 3.44. The molecule has 4 heteroatoms. The van der Waals surface area contributed by atoms with Crippen LogP contribution >= 0.6 is 0 Å². The Bertz CT molecular complexity index is 215. The van der Waals surface area contributed by atoms with Crippen LogP contribution < -0.4 is 0 Å². The lowest BCUT2D eigenvalue weighted by Gasteiger charge is -2.20. The zero-order chi connectivity index (χ0) is 10.4. The number of carboxylic acids is 1. The number of rotatable bonds is 5. The maximum Gasteiger partial charge on any atom is 0.328 e. The average Bonchev–Trinajstić information content (AvgIpc) is 2.58. The van der Waals surface area contributed by atoms with Gasteiger partial charge in [-0.05, 0) is 19.4 Å². The molecule has 0 aromatic rings. The molecular formula is C10H17NO3. The van der Waals surface area contributed by atoms with Crippen molar-refractivity contribution in [2.45, 2.75) is 18.9 Å². The van der Waals surface area contributed by atoms with Gasteiger partial charge in [0.15, 0.2) is 0 Å². The van der Waals surface area contributed by atoms with E-state index in [1.54, 1.807) is 13.2 Å². The fraction of sp³-hybridized carbons (Fsp3) is 0.700. The van der Waals surface area contributed by atoms with Crippen molar-refractivity contribution in [2.24, 2.45) is 0 Å². The van der Waals surface area contributed by atoms with E-state index in [0.29, 0.717) is 6.61 Å². The SMILES string of the molecule is COCCN1CCCC1/C=C/C(=O)O. The molecule has 1 unspecified atom stereocenters. The second-order valence-electron chi connectivity index (χ2n) is 3.44. The predicted octanol–water partition coefficient (Wildman–Crippen LogP) is 0.738. The van der Waals surface area contributed by atoms with Crippen LogP contribution in [0.15, 0.2) is 12.2 Å². The largest absolute Gasteiger partial charge is 0.478 e. The van der Waals surface area contributed by atoms with Gasteiger partial charge >= 0.3 is 5.97 Å². The van der Waals surface area contributed by atoms with Gasteiger partial charge in [0, 0.05) is 25.8 Å². The van der Waals surface area contributed by atoms with Crippen LogP contribution in [-0.2, 0) is 9.53 Å². The van der Waals surface area contributed by atoms with Crippen LogP contribution in [0.3, 0.4) is 0 Å². The zero-order valence-electron chi connectivity index (χ0n) is 8.48. The van der Waals surface area contributed by atoms with Gasteiger partial charge in [-0.2, -0.15) is 0 Å². The van der Waals surface area contributed by atoms with Gasteiger partial charge in [-0.3, -0.25) is 4.90 Å². The first-order valence-electron chi connectivity index (χ1n) is 4.88. The van der Waals surface area contributed by atoms with E-state index in [-0.39, 0.29) is 6.04 Å².